The van der Waals surface area contributed by atoms with Gasteiger partial charge in [0.25, 0.3) is 10.1 Å². The van der Waals surface area contributed by atoms with Crippen molar-refractivity contribution in [2.45, 2.75) is 29.8 Å². The number of ether oxygens (including phenoxy) is 1. The summed E-state index contributed by atoms with van der Waals surface area (Å²) >= 11 is 0. The summed E-state index contributed by atoms with van der Waals surface area (Å²) in [5.74, 6) is -8.97. The van der Waals surface area contributed by atoms with Gasteiger partial charge in [-0.25, -0.2) is 0 Å². The molecule has 1 aliphatic rings. The molecule has 31 heavy (non-hydrogen) atoms. The van der Waals surface area contributed by atoms with Crippen molar-refractivity contribution in [2.75, 3.05) is 5.75 Å². The number of aliphatic hydroxyl groups excluding tert-OH is 1. The van der Waals surface area contributed by atoms with Crippen LogP contribution in [-0.2, 0) is 14.9 Å². The van der Waals surface area contributed by atoms with Crippen molar-refractivity contribution in [1.82, 2.24) is 0 Å². The Kier molecular flexibility index (Phi) is 6.09. The number of Topliss-reactive ketones (excluding diaryl/α,β-unsaturated/α-hetero) is 2. The maximum atomic E-state index is 15.2. The van der Waals surface area contributed by atoms with Gasteiger partial charge < -0.3 is 14.9 Å². The molecule has 0 bridgehead atoms. The van der Waals surface area contributed by atoms with Crippen LogP contribution in [0, 0.1) is 0 Å². The fourth-order valence-electron chi connectivity index (χ4n) is 3.43. The lowest BCUT2D eigenvalue weighted by atomic mass is 9.79. The highest BCUT2D eigenvalue weighted by molar-refractivity contribution is 7.85. The molecule has 166 valence electrons. The number of alkyl halides is 2. The molecule has 1 fully saturated rings. The van der Waals surface area contributed by atoms with Gasteiger partial charge in [0.15, 0.2) is 5.78 Å². The second-order valence-electron chi connectivity index (χ2n) is 7.05. The van der Waals surface area contributed by atoms with Gasteiger partial charge in [-0.05, 0) is 0 Å². The van der Waals surface area contributed by atoms with Crippen LogP contribution in [0.2, 0.25) is 0 Å². The first-order valence-electron chi connectivity index (χ1n) is 8.97. The molecule has 2 aromatic rings. The van der Waals surface area contributed by atoms with Gasteiger partial charge in [-0.3, -0.25) is 14.1 Å². The number of benzene rings is 2. The predicted octanol–water partition coefficient (Wildman–Crippen LogP) is 1.13. The Morgan fingerprint density at radius 3 is 1.97 bits per heavy atom. The average molecular weight is 456 g/mol. The van der Waals surface area contributed by atoms with Crippen molar-refractivity contribution in [1.29, 1.82) is 0 Å². The quantitative estimate of drug-likeness (QED) is 0.417. The van der Waals surface area contributed by atoms with Crippen LogP contribution in [0.1, 0.15) is 20.7 Å². The third-order valence-electron chi connectivity index (χ3n) is 4.99. The predicted molar refractivity (Wildman–Crippen MR) is 103 cm³/mol. The van der Waals surface area contributed by atoms with Crippen LogP contribution in [0.4, 0.5) is 8.78 Å². The van der Waals surface area contributed by atoms with Crippen LogP contribution in [-0.4, -0.2) is 70.3 Å². The number of aliphatic hydroxyl groups is 2. The minimum Gasteiger partial charge on any atom is -0.382 e. The summed E-state index contributed by atoms with van der Waals surface area (Å²) in [6.07, 6.45) is -7.67. The largest absolute Gasteiger partial charge is 0.382 e. The smallest absolute Gasteiger partial charge is 0.312 e. The molecule has 0 saturated carbocycles. The van der Waals surface area contributed by atoms with E-state index in [1.165, 1.54) is 42.5 Å². The minimum atomic E-state index is -5.03. The van der Waals surface area contributed by atoms with E-state index in [-0.39, 0.29) is 11.1 Å². The zero-order valence-corrected chi connectivity index (χ0v) is 16.6. The van der Waals surface area contributed by atoms with E-state index in [1.54, 1.807) is 6.07 Å². The van der Waals surface area contributed by atoms with Crippen molar-refractivity contribution in [3.8, 4) is 0 Å². The highest BCUT2D eigenvalue weighted by Gasteiger charge is 2.75. The number of ketones is 2. The third-order valence-corrected chi connectivity index (χ3v) is 5.72. The van der Waals surface area contributed by atoms with Gasteiger partial charge >= 0.3 is 5.92 Å². The summed E-state index contributed by atoms with van der Waals surface area (Å²) in [5, 5.41) is 21.4. The number of halogens is 2. The van der Waals surface area contributed by atoms with E-state index < -0.39 is 57.3 Å². The van der Waals surface area contributed by atoms with Crippen LogP contribution < -0.4 is 0 Å². The topological polar surface area (TPSA) is 138 Å². The zero-order valence-electron chi connectivity index (χ0n) is 15.8. The summed E-state index contributed by atoms with van der Waals surface area (Å²) in [7, 11) is -5.03. The maximum absolute atomic E-state index is 15.2. The van der Waals surface area contributed by atoms with Crippen molar-refractivity contribution < 1.29 is 46.3 Å². The second-order valence-corrected chi connectivity index (χ2v) is 8.55. The Bertz CT molecular complexity index is 1070. The fraction of sp³-hybridized carbons (Fsp3) is 0.300. The number of rotatable bonds is 7. The van der Waals surface area contributed by atoms with Gasteiger partial charge in [-0.15, -0.1) is 0 Å². The molecule has 0 spiro atoms. The van der Waals surface area contributed by atoms with E-state index in [9.17, 15) is 28.2 Å². The Balaban J connectivity index is 2.09. The van der Waals surface area contributed by atoms with Crippen LogP contribution >= 0.6 is 0 Å². The Labute approximate surface area is 175 Å². The Morgan fingerprint density at radius 2 is 1.48 bits per heavy atom. The van der Waals surface area contributed by atoms with E-state index in [0.29, 0.717) is 0 Å². The van der Waals surface area contributed by atoms with E-state index in [0.717, 1.165) is 12.1 Å². The molecule has 1 unspecified atom stereocenters. The number of carbonyl (C=O) groups excluding carboxylic acids is 2. The van der Waals surface area contributed by atoms with Gasteiger partial charge in [0.2, 0.25) is 11.4 Å². The second kappa shape index (κ2) is 8.17. The molecule has 8 nitrogen and oxygen atoms in total. The number of hydrogen-bond donors (Lipinski definition) is 3. The molecule has 0 aromatic heterocycles. The SMILES string of the molecule is O=C(c1ccccc1)C(O)[C@@H]1O[C@H](CS(=O)(=O)O)C(F)(F)[C@]1(O)C(=O)c1ccccc1. The van der Waals surface area contributed by atoms with Gasteiger partial charge in [0.05, 0.1) is 0 Å². The average Bonchev–Trinajstić information content (AvgIpc) is 2.93. The molecule has 1 heterocycles. The van der Waals surface area contributed by atoms with Crippen LogP contribution in [0.5, 0.6) is 0 Å². The van der Waals surface area contributed by atoms with E-state index in [2.05, 4.69) is 0 Å². The fourth-order valence-corrected chi connectivity index (χ4v) is 4.11. The van der Waals surface area contributed by atoms with Crippen molar-refractivity contribution in [3.05, 3.63) is 71.8 Å². The van der Waals surface area contributed by atoms with E-state index in [1.807, 2.05) is 0 Å². The first kappa shape index (κ1) is 23.1. The molecule has 4 atom stereocenters. The molecule has 0 radical (unpaired) electrons. The lowest BCUT2D eigenvalue weighted by Crippen LogP contribution is -2.63. The van der Waals surface area contributed by atoms with Crippen LogP contribution in [0.25, 0.3) is 0 Å². The normalized spacial score (nSPS) is 26.4. The molecule has 3 N–H and O–H groups in total. The highest BCUT2D eigenvalue weighted by Crippen LogP contribution is 2.48. The summed E-state index contributed by atoms with van der Waals surface area (Å²) < 4.78 is 66.7. The van der Waals surface area contributed by atoms with Gasteiger partial charge in [-0.2, -0.15) is 17.2 Å². The third kappa shape index (κ3) is 4.14. The lowest BCUT2D eigenvalue weighted by molar-refractivity contribution is -0.148. The molecular weight excluding hydrogens is 438 g/mol. The Hall–Kier alpha value is -2.57. The zero-order chi connectivity index (χ0) is 23.0. The van der Waals surface area contributed by atoms with Crippen molar-refractivity contribution in [3.63, 3.8) is 0 Å². The van der Waals surface area contributed by atoms with Crippen molar-refractivity contribution >= 4 is 21.7 Å². The summed E-state index contributed by atoms with van der Waals surface area (Å²) in [5.41, 5.74) is -4.30. The molecule has 2 aromatic carbocycles. The maximum Gasteiger partial charge on any atom is 0.312 e. The molecule has 11 heteroatoms. The van der Waals surface area contributed by atoms with Gasteiger partial charge in [0, 0.05) is 11.1 Å². The van der Waals surface area contributed by atoms with E-state index in [4.69, 9.17) is 9.29 Å². The summed E-state index contributed by atoms with van der Waals surface area (Å²) in [6.45, 7) is 0. The lowest BCUT2D eigenvalue weighted by Gasteiger charge is -2.33. The highest BCUT2D eigenvalue weighted by atomic mass is 32.2. The van der Waals surface area contributed by atoms with E-state index >= 15 is 8.78 Å². The first-order valence-corrected chi connectivity index (χ1v) is 10.6. The molecule has 1 saturated heterocycles. The monoisotopic (exact) mass is 456 g/mol. The van der Waals surface area contributed by atoms with Gasteiger partial charge in [0.1, 0.15) is 24.1 Å². The first-order chi connectivity index (χ1) is 14.4. The summed E-state index contributed by atoms with van der Waals surface area (Å²) in [6, 6.07) is 13.4. The standard InChI is InChI=1S/C20H18F2O8S/c21-20(22)14(11-31(27,28)29)30-18(16(24)15(23)12-7-3-1-4-8-12)19(20,26)17(25)13-9-5-2-6-10-13/h1-10,14,16,18,24,26H,11H2,(H,27,28,29)/t14-,16?,18+,19+/m1/s1. The van der Waals surface area contributed by atoms with Crippen molar-refractivity contribution in [2.24, 2.45) is 0 Å². The van der Waals surface area contributed by atoms with Gasteiger partial charge in [-0.1, -0.05) is 60.7 Å². The molecule has 0 amide bonds. The van der Waals surface area contributed by atoms with Crippen LogP contribution in [0.3, 0.4) is 0 Å². The number of hydrogen-bond acceptors (Lipinski definition) is 7. The minimum absolute atomic E-state index is 0.116. The summed E-state index contributed by atoms with van der Waals surface area (Å²) in [4.78, 5) is 25.5. The molecular formula is C20H18F2O8S. The van der Waals surface area contributed by atoms with Crippen LogP contribution in [0.15, 0.2) is 60.7 Å². The number of carbonyl (C=O) groups is 2. The molecule has 0 aliphatic carbocycles. The molecule has 1 aliphatic heterocycles. The molecule has 3 rings (SSSR count). The Morgan fingerprint density at radius 1 is 1.00 bits per heavy atom.